The maximum absolute atomic E-state index is 11.5. The number of benzene rings is 1. The molecule has 0 saturated carbocycles. The van der Waals surface area contributed by atoms with Gasteiger partial charge in [0.1, 0.15) is 0 Å². The van der Waals surface area contributed by atoms with Crippen molar-refractivity contribution in [3.8, 4) is 11.5 Å². The summed E-state index contributed by atoms with van der Waals surface area (Å²) in [6, 6.07) is 7.09. The SMILES string of the molecule is CCCC(=O)NNC(=O)COc1ccccc1OCC. The van der Waals surface area contributed by atoms with Gasteiger partial charge in [-0.2, -0.15) is 0 Å². The quantitative estimate of drug-likeness (QED) is 0.740. The van der Waals surface area contributed by atoms with Crippen molar-refractivity contribution in [3.63, 3.8) is 0 Å². The first-order valence-electron chi connectivity index (χ1n) is 6.59. The van der Waals surface area contributed by atoms with E-state index in [4.69, 9.17) is 9.47 Å². The van der Waals surface area contributed by atoms with Gasteiger partial charge in [-0.15, -0.1) is 0 Å². The van der Waals surface area contributed by atoms with Crippen molar-refractivity contribution in [1.82, 2.24) is 10.9 Å². The number of amides is 2. The first-order chi connectivity index (χ1) is 9.67. The van der Waals surface area contributed by atoms with E-state index in [0.717, 1.165) is 6.42 Å². The zero-order valence-corrected chi connectivity index (χ0v) is 11.8. The molecule has 1 rings (SSSR count). The van der Waals surface area contributed by atoms with Gasteiger partial charge in [0, 0.05) is 6.42 Å². The predicted octanol–water partition coefficient (Wildman–Crippen LogP) is 1.41. The smallest absolute Gasteiger partial charge is 0.276 e. The largest absolute Gasteiger partial charge is 0.490 e. The first-order valence-corrected chi connectivity index (χ1v) is 6.59. The summed E-state index contributed by atoms with van der Waals surface area (Å²) in [5, 5.41) is 0. The minimum absolute atomic E-state index is 0.198. The van der Waals surface area contributed by atoms with Gasteiger partial charge in [0.05, 0.1) is 6.61 Å². The van der Waals surface area contributed by atoms with Crippen LogP contribution in [0.2, 0.25) is 0 Å². The molecule has 6 heteroatoms. The summed E-state index contributed by atoms with van der Waals surface area (Å²) >= 11 is 0. The van der Waals surface area contributed by atoms with Gasteiger partial charge in [-0.1, -0.05) is 19.1 Å². The summed E-state index contributed by atoms with van der Waals surface area (Å²) in [5.74, 6) is 0.415. The second-order valence-electron chi connectivity index (χ2n) is 4.01. The second kappa shape index (κ2) is 8.79. The monoisotopic (exact) mass is 280 g/mol. The minimum atomic E-state index is -0.430. The van der Waals surface area contributed by atoms with Crippen LogP contribution >= 0.6 is 0 Å². The van der Waals surface area contributed by atoms with Crippen molar-refractivity contribution in [3.05, 3.63) is 24.3 Å². The maximum Gasteiger partial charge on any atom is 0.276 e. The molecule has 0 heterocycles. The Morgan fingerprint density at radius 2 is 1.60 bits per heavy atom. The number of para-hydroxylation sites is 2. The highest BCUT2D eigenvalue weighted by molar-refractivity contribution is 5.82. The molecule has 0 aliphatic rings. The van der Waals surface area contributed by atoms with Gasteiger partial charge in [0.15, 0.2) is 18.1 Å². The van der Waals surface area contributed by atoms with E-state index in [1.807, 2.05) is 19.9 Å². The van der Waals surface area contributed by atoms with Crippen molar-refractivity contribution in [2.75, 3.05) is 13.2 Å². The number of carbonyl (C=O) groups excluding carboxylic acids is 2. The van der Waals surface area contributed by atoms with Crippen LogP contribution in [0.5, 0.6) is 11.5 Å². The Labute approximate surface area is 118 Å². The molecule has 0 atom stereocenters. The van der Waals surface area contributed by atoms with Crippen LogP contribution in [0.25, 0.3) is 0 Å². The molecule has 0 bridgehead atoms. The Bertz CT molecular complexity index is 449. The zero-order valence-electron chi connectivity index (χ0n) is 11.8. The van der Waals surface area contributed by atoms with E-state index in [2.05, 4.69) is 10.9 Å². The van der Waals surface area contributed by atoms with Gasteiger partial charge >= 0.3 is 0 Å². The summed E-state index contributed by atoms with van der Waals surface area (Å²) in [6.45, 7) is 4.07. The normalized spacial score (nSPS) is 9.70. The molecule has 0 saturated heterocycles. The highest BCUT2D eigenvalue weighted by Crippen LogP contribution is 2.25. The van der Waals surface area contributed by atoms with Gasteiger partial charge in [-0.25, -0.2) is 0 Å². The van der Waals surface area contributed by atoms with Crippen LogP contribution in [0, 0.1) is 0 Å². The van der Waals surface area contributed by atoms with Crippen LogP contribution < -0.4 is 20.3 Å². The minimum Gasteiger partial charge on any atom is -0.490 e. The Balaban J connectivity index is 2.39. The summed E-state index contributed by atoms with van der Waals surface area (Å²) in [6.07, 6.45) is 1.09. The van der Waals surface area contributed by atoms with Crippen LogP contribution in [-0.4, -0.2) is 25.0 Å². The van der Waals surface area contributed by atoms with E-state index in [-0.39, 0.29) is 12.5 Å². The average Bonchev–Trinajstić information content (AvgIpc) is 2.45. The zero-order chi connectivity index (χ0) is 14.8. The maximum atomic E-state index is 11.5. The van der Waals surface area contributed by atoms with E-state index in [0.29, 0.717) is 24.5 Å². The molecule has 2 amide bonds. The number of carbonyl (C=O) groups is 2. The molecule has 0 aliphatic heterocycles. The molecule has 6 nitrogen and oxygen atoms in total. The molecule has 0 aromatic heterocycles. The molecule has 2 N–H and O–H groups in total. The summed E-state index contributed by atoms with van der Waals surface area (Å²) in [4.78, 5) is 22.7. The van der Waals surface area contributed by atoms with Crippen LogP contribution in [0.15, 0.2) is 24.3 Å². The van der Waals surface area contributed by atoms with Crippen molar-refractivity contribution >= 4 is 11.8 Å². The molecule has 20 heavy (non-hydrogen) atoms. The number of nitrogens with one attached hydrogen (secondary N) is 2. The number of hydrogen-bond acceptors (Lipinski definition) is 4. The number of hydrazine groups is 1. The first kappa shape index (κ1) is 15.8. The molecular formula is C14H20N2O4. The summed E-state index contributed by atoms with van der Waals surface area (Å²) in [7, 11) is 0. The highest BCUT2D eigenvalue weighted by atomic mass is 16.5. The summed E-state index contributed by atoms with van der Waals surface area (Å²) < 4.78 is 10.7. The standard InChI is InChI=1S/C14H20N2O4/c1-3-7-13(17)15-16-14(18)10-20-12-9-6-5-8-11(12)19-4-2/h5-6,8-9H,3-4,7,10H2,1-2H3,(H,15,17)(H,16,18). The van der Waals surface area contributed by atoms with E-state index < -0.39 is 5.91 Å². The summed E-state index contributed by atoms with van der Waals surface area (Å²) in [5.41, 5.74) is 4.59. The molecule has 0 aliphatic carbocycles. The third-order valence-corrected chi connectivity index (χ3v) is 2.33. The van der Waals surface area contributed by atoms with Gasteiger partial charge < -0.3 is 9.47 Å². The third-order valence-electron chi connectivity index (χ3n) is 2.33. The van der Waals surface area contributed by atoms with Crippen molar-refractivity contribution in [2.24, 2.45) is 0 Å². The Morgan fingerprint density at radius 1 is 1.00 bits per heavy atom. The molecule has 1 aromatic carbocycles. The molecular weight excluding hydrogens is 260 g/mol. The van der Waals surface area contributed by atoms with Gasteiger partial charge in [0.25, 0.3) is 5.91 Å². The van der Waals surface area contributed by atoms with Gasteiger partial charge in [-0.3, -0.25) is 20.4 Å². The number of ether oxygens (including phenoxy) is 2. The van der Waals surface area contributed by atoms with Crippen molar-refractivity contribution in [1.29, 1.82) is 0 Å². The fourth-order valence-electron chi connectivity index (χ4n) is 1.45. The lowest BCUT2D eigenvalue weighted by Gasteiger charge is -2.11. The molecule has 0 unspecified atom stereocenters. The van der Waals surface area contributed by atoms with Crippen LogP contribution in [0.1, 0.15) is 26.7 Å². The van der Waals surface area contributed by atoms with E-state index in [1.165, 1.54) is 0 Å². The lowest BCUT2D eigenvalue weighted by atomic mass is 10.3. The van der Waals surface area contributed by atoms with Crippen LogP contribution in [0.3, 0.4) is 0 Å². The molecule has 0 fully saturated rings. The molecule has 1 aromatic rings. The molecule has 0 spiro atoms. The van der Waals surface area contributed by atoms with E-state index >= 15 is 0 Å². The fraction of sp³-hybridized carbons (Fsp3) is 0.429. The average molecular weight is 280 g/mol. The van der Waals surface area contributed by atoms with Crippen molar-refractivity contribution in [2.45, 2.75) is 26.7 Å². The predicted molar refractivity (Wildman–Crippen MR) is 74.3 cm³/mol. The fourth-order valence-corrected chi connectivity index (χ4v) is 1.45. The Hall–Kier alpha value is -2.24. The Morgan fingerprint density at radius 3 is 2.20 bits per heavy atom. The third kappa shape index (κ3) is 5.60. The Kier molecular flexibility index (Phi) is 6.95. The second-order valence-corrected chi connectivity index (χ2v) is 4.01. The van der Waals surface area contributed by atoms with E-state index in [9.17, 15) is 9.59 Å². The van der Waals surface area contributed by atoms with E-state index in [1.54, 1.807) is 18.2 Å². The lowest BCUT2D eigenvalue weighted by Crippen LogP contribution is -2.43. The van der Waals surface area contributed by atoms with Gasteiger partial charge in [0.2, 0.25) is 5.91 Å². The van der Waals surface area contributed by atoms with Crippen molar-refractivity contribution < 1.29 is 19.1 Å². The van der Waals surface area contributed by atoms with Crippen LogP contribution in [-0.2, 0) is 9.59 Å². The van der Waals surface area contributed by atoms with Gasteiger partial charge in [-0.05, 0) is 25.5 Å². The lowest BCUT2D eigenvalue weighted by molar-refractivity contribution is -0.130. The van der Waals surface area contributed by atoms with Crippen LogP contribution in [0.4, 0.5) is 0 Å². The molecule has 0 radical (unpaired) electrons. The number of rotatable bonds is 7. The highest BCUT2D eigenvalue weighted by Gasteiger charge is 2.08. The topological polar surface area (TPSA) is 76.7 Å². The number of hydrogen-bond donors (Lipinski definition) is 2. The molecule has 110 valence electrons.